The minimum Gasteiger partial charge on any atom is -0.394 e. The molecule has 6 heteroatoms. The highest BCUT2D eigenvalue weighted by molar-refractivity contribution is 6.29. The van der Waals surface area contributed by atoms with Crippen LogP contribution in [0, 0.1) is 0 Å². The maximum Gasteiger partial charge on any atom is 0.254 e. The van der Waals surface area contributed by atoms with Crippen LogP contribution in [0.25, 0.3) is 0 Å². The third-order valence-corrected chi connectivity index (χ3v) is 3.42. The Balaban J connectivity index is 2.15. The second kappa shape index (κ2) is 7.02. The van der Waals surface area contributed by atoms with Gasteiger partial charge in [0.1, 0.15) is 5.15 Å². The molecule has 2 heterocycles. The Morgan fingerprint density at radius 2 is 2.40 bits per heavy atom. The molecule has 1 aliphatic rings. The first-order valence-electron chi connectivity index (χ1n) is 6.82. The summed E-state index contributed by atoms with van der Waals surface area (Å²) < 4.78 is 5.35. The second-order valence-corrected chi connectivity index (χ2v) is 5.23. The van der Waals surface area contributed by atoms with E-state index in [1.807, 2.05) is 0 Å². The number of hydrogen-bond donors (Lipinski definition) is 1. The molecule has 110 valence electrons. The molecule has 20 heavy (non-hydrogen) atoms. The van der Waals surface area contributed by atoms with Gasteiger partial charge in [-0.25, -0.2) is 4.98 Å². The van der Waals surface area contributed by atoms with Gasteiger partial charge in [0.15, 0.2) is 0 Å². The Kier molecular flexibility index (Phi) is 5.34. The number of hydrogen-bond acceptors (Lipinski definition) is 4. The molecule has 0 spiro atoms. The average molecular weight is 299 g/mol. The van der Waals surface area contributed by atoms with Crippen LogP contribution in [0.3, 0.4) is 0 Å². The van der Waals surface area contributed by atoms with Crippen LogP contribution in [0.4, 0.5) is 0 Å². The molecule has 1 atom stereocenters. The molecule has 1 fully saturated rings. The number of nitrogens with zero attached hydrogens (tertiary/aromatic N) is 2. The average Bonchev–Trinajstić information content (AvgIpc) is 2.46. The summed E-state index contributed by atoms with van der Waals surface area (Å²) in [6.07, 6.45) is 1.44. The fourth-order valence-corrected chi connectivity index (χ4v) is 2.48. The van der Waals surface area contributed by atoms with Gasteiger partial charge in [-0.15, -0.1) is 0 Å². The highest BCUT2D eigenvalue weighted by atomic mass is 35.5. The number of aliphatic hydroxyl groups is 1. The Hall–Kier alpha value is -1.17. The van der Waals surface area contributed by atoms with Crippen molar-refractivity contribution in [2.45, 2.75) is 25.9 Å². The zero-order chi connectivity index (χ0) is 14.5. The largest absolute Gasteiger partial charge is 0.394 e. The summed E-state index contributed by atoms with van der Waals surface area (Å²) in [7, 11) is 0. The van der Waals surface area contributed by atoms with Crippen LogP contribution in [-0.4, -0.2) is 53.3 Å². The van der Waals surface area contributed by atoms with Gasteiger partial charge in [-0.1, -0.05) is 24.9 Å². The van der Waals surface area contributed by atoms with Crippen molar-refractivity contribution in [1.29, 1.82) is 0 Å². The van der Waals surface area contributed by atoms with E-state index in [9.17, 15) is 4.79 Å². The zero-order valence-electron chi connectivity index (χ0n) is 11.5. The van der Waals surface area contributed by atoms with E-state index in [1.54, 1.807) is 17.0 Å². The Morgan fingerprint density at radius 1 is 1.60 bits per heavy atom. The summed E-state index contributed by atoms with van der Waals surface area (Å²) in [4.78, 5) is 18.4. The molecule has 1 amide bonds. The van der Waals surface area contributed by atoms with E-state index in [4.69, 9.17) is 21.4 Å². The molecule has 2 rings (SSSR count). The van der Waals surface area contributed by atoms with Crippen molar-refractivity contribution >= 4 is 17.5 Å². The van der Waals surface area contributed by atoms with Crippen molar-refractivity contribution in [3.63, 3.8) is 0 Å². The van der Waals surface area contributed by atoms with E-state index in [1.165, 1.54) is 0 Å². The number of pyridine rings is 1. The quantitative estimate of drug-likeness (QED) is 0.856. The summed E-state index contributed by atoms with van der Waals surface area (Å²) >= 11 is 5.98. The predicted molar refractivity (Wildman–Crippen MR) is 76.0 cm³/mol. The molecule has 0 radical (unpaired) electrons. The zero-order valence-corrected chi connectivity index (χ0v) is 12.3. The maximum atomic E-state index is 12.5. The lowest BCUT2D eigenvalue weighted by Gasteiger charge is -2.32. The summed E-state index contributed by atoms with van der Waals surface area (Å²) in [5.41, 5.74) is 1.38. The lowest BCUT2D eigenvalue weighted by Crippen LogP contribution is -2.46. The summed E-state index contributed by atoms with van der Waals surface area (Å²) in [6, 6.07) is 3.38. The molecule has 0 aliphatic carbocycles. The number of aliphatic hydroxyl groups excluding tert-OH is 1. The van der Waals surface area contributed by atoms with Gasteiger partial charge in [0.05, 0.1) is 19.3 Å². The van der Waals surface area contributed by atoms with Gasteiger partial charge < -0.3 is 14.7 Å². The first-order chi connectivity index (χ1) is 9.63. The van der Waals surface area contributed by atoms with Crippen molar-refractivity contribution in [2.24, 2.45) is 0 Å². The molecule has 1 N–H and O–H groups in total. The molecule has 1 aliphatic heterocycles. The van der Waals surface area contributed by atoms with E-state index in [2.05, 4.69) is 11.9 Å². The van der Waals surface area contributed by atoms with Gasteiger partial charge in [-0.3, -0.25) is 4.79 Å². The summed E-state index contributed by atoms with van der Waals surface area (Å²) in [6.45, 7) is 3.34. The molecule has 0 saturated carbocycles. The SMILES string of the molecule is CCCc1cc(C(=O)N2CCOC(CO)C2)cc(Cl)n1. The van der Waals surface area contributed by atoms with Crippen molar-refractivity contribution in [3.8, 4) is 0 Å². The van der Waals surface area contributed by atoms with Crippen LogP contribution in [0.2, 0.25) is 5.15 Å². The fraction of sp³-hybridized carbons (Fsp3) is 0.571. The summed E-state index contributed by atoms with van der Waals surface area (Å²) in [5, 5.41) is 9.46. The van der Waals surface area contributed by atoms with E-state index in [0.29, 0.717) is 30.4 Å². The van der Waals surface area contributed by atoms with Crippen molar-refractivity contribution < 1.29 is 14.6 Å². The van der Waals surface area contributed by atoms with Crippen LogP contribution >= 0.6 is 11.6 Å². The number of amides is 1. The number of carbonyl (C=O) groups is 1. The van der Waals surface area contributed by atoms with Gasteiger partial charge >= 0.3 is 0 Å². The molecule has 5 nitrogen and oxygen atoms in total. The fourth-order valence-electron chi connectivity index (χ4n) is 2.26. The topological polar surface area (TPSA) is 62.7 Å². The van der Waals surface area contributed by atoms with E-state index in [-0.39, 0.29) is 18.6 Å². The number of aromatic nitrogens is 1. The normalized spacial score (nSPS) is 19.1. The van der Waals surface area contributed by atoms with E-state index >= 15 is 0 Å². The lowest BCUT2D eigenvalue weighted by molar-refractivity contribution is -0.0447. The number of halogens is 1. The highest BCUT2D eigenvalue weighted by Gasteiger charge is 2.25. The lowest BCUT2D eigenvalue weighted by atomic mass is 10.1. The molecular formula is C14H19ClN2O3. The predicted octanol–water partition coefficient (Wildman–Crippen LogP) is 1.52. The Labute approximate surface area is 123 Å². The van der Waals surface area contributed by atoms with Gasteiger partial charge in [-0.05, 0) is 18.6 Å². The van der Waals surface area contributed by atoms with Gasteiger partial charge in [-0.2, -0.15) is 0 Å². The monoisotopic (exact) mass is 298 g/mol. The number of rotatable bonds is 4. The molecule has 1 aromatic heterocycles. The Morgan fingerprint density at radius 3 is 3.10 bits per heavy atom. The van der Waals surface area contributed by atoms with Crippen LogP contribution in [0.15, 0.2) is 12.1 Å². The van der Waals surface area contributed by atoms with Crippen molar-refractivity contribution in [2.75, 3.05) is 26.3 Å². The molecule has 1 unspecified atom stereocenters. The van der Waals surface area contributed by atoms with Crippen LogP contribution in [-0.2, 0) is 11.2 Å². The minimum absolute atomic E-state index is 0.0814. The number of carbonyl (C=O) groups excluding carboxylic acids is 1. The van der Waals surface area contributed by atoms with Crippen LogP contribution in [0.1, 0.15) is 29.4 Å². The minimum atomic E-state index is -0.305. The molecule has 1 aromatic rings. The van der Waals surface area contributed by atoms with Crippen molar-refractivity contribution in [1.82, 2.24) is 9.88 Å². The van der Waals surface area contributed by atoms with Crippen LogP contribution in [0.5, 0.6) is 0 Å². The standard InChI is InChI=1S/C14H19ClN2O3/c1-2-3-11-6-10(7-13(15)16-11)14(19)17-4-5-20-12(8-17)9-18/h6-7,12,18H,2-5,8-9H2,1H3. The van der Waals surface area contributed by atoms with Gasteiger partial charge in [0, 0.05) is 24.3 Å². The summed E-state index contributed by atoms with van der Waals surface area (Å²) in [5.74, 6) is -0.0894. The molecule has 0 aromatic carbocycles. The number of ether oxygens (including phenoxy) is 1. The smallest absolute Gasteiger partial charge is 0.254 e. The first-order valence-corrected chi connectivity index (χ1v) is 7.20. The maximum absolute atomic E-state index is 12.5. The van der Waals surface area contributed by atoms with Crippen molar-refractivity contribution in [3.05, 3.63) is 28.5 Å². The molecular weight excluding hydrogens is 280 g/mol. The molecule has 0 bridgehead atoms. The molecule has 1 saturated heterocycles. The number of aryl methyl sites for hydroxylation is 1. The van der Waals surface area contributed by atoms with E-state index < -0.39 is 0 Å². The van der Waals surface area contributed by atoms with Gasteiger partial charge in [0.2, 0.25) is 0 Å². The van der Waals surface area contributed by atoms with Gasteiger partial charge in [0.25, 0.3) is 5.91 Å². The number of morpholine rings is 1. The highest BCUT2D eigenvalue weighted by Crippen LogP contribution is 2.16. The Bertz CT molecular complexity index is 481. The third kappa shape index (κ3) is 3.69. The van der Waals surface area contributed by atoms with Crippen LogP contribution < -0.4 is 0 Å². The second-order valence-electron chi connectivity index (χ2n) is 4.85. The first kappa shape index (κ1) is 15.2. The van der Waals surface area contributed by atoms with E-state index in [0.717, 1.165) is 18.5 Å². The third-order valence-electron chi connectivity index (χ3n) is 3.23.